The standard InChI is InChI=1S/C40H63FN4O10/c1-12-29-40(9)32(45(37(50)55-40)18-17-44(10)22-27-15-14-16-42-21-27)25(5)30(46)23(3)20-38(7,51-11)34(26(6)33(48)39(8,41)36(49)53-29)54-35-31(47)28(43-13-2)19-24(4)52-35/h14-16,21,23-26,28-29,31-32,34-35,43,47H,12-13,17-20,22H2,1-11H3/t23-,24-,25+,26+,28+,29-,31+,32+,34-,35+,38-,39+,40-/m1/s1. The van der Waals surface area contributed by atoms with Crippen molar-refractivity contribution >= 4 is 23.6 Å². The average Bonchev–Trinajstić information content (AvgIpc) is 3.41. The van der Waals surface area contributed by atoms with Crippen molar-refractivity contribution in [3.8, 4) is 0 Å². The van der Waals surface area contributed by atoms with E-state index in [-0.39, 0.29) is 31.3 Å². The van der Waals surface area contributed by atoms with E-state index in [4.69, 9.17) is 23.7 Å². The predicted molar refractivity (Wildman–Crippen MR) is 200 cm³/mol. The number of aliphatic hydroxyl groups is 1. The molecule has 3 saturated heterocycles. The molecule has 1 amide bonds. The Kier molecular flexibility index (Phi) is 14.6. The molecule has 310 valence electrons. The van der Waals surface area contributed by atoms with Crippen molar-refractivity contribution in [2.75, 3.05) is 33.8 Å². The molecule has 14 nitrogen and oxygen atoms in total. The number of fused-ring (bicyclic) bond motifs is 1. The van der Waals surface area contributed by atoms with Crippen LogP contribution >= 0.6 is 0 Å². The van der Waals surface area contributed by atoms with Crippen LogP contribution in [0.4, 0.5) is 9.18 Å². The zero-order chi connectivity index (χ0) is 41.0. The lowest BCUT2D eigenvalue weighted by Gasteiger charge is -2.46. The van der Waals surface area contributed by atoms with Crippen molar-refractivity contribution < 1.29 is 52.4 Å². The summed E-state index contributed by atoms with van der Waals surface area (Å²) < 4.78 is 47.3. The number of hydrogen-bond donors (Lipinski definition) is 2. The van der Waals surface area contributed by atoms with Crippen LogP contribution in [0.25, 0.3) is 0 Å². The van der Waals surface area contributed by atoms with E-state index in [0.717, 1.165) is 12.5 Å². The molecule has 15 heteroatoms. The molecule has 1 aromatic rings. The Balaban J connectivity index is 1.76. The summed E-state index contributed by atoms with van der Waals surface area (Å²) >= 11 is 0. The van der Waals surface area contributed by atoms with Crippen LogP contribution in [0.15, 0.2) is 24.5 Å². The van der Waals surface area contributed by atoms with Gasteiger partial charge in [-0.05, 0) is 72.2 Å². The van der Waals surface area contributed by atoms with Crippen LogP contribution in [0.5, 0.6) is 0 Å². The summed E-state index contributed by atoms with van der Waals surface area (Å²) in [5.74, 6) is -5.78. The van der Waals surface area contributed by atoms with Gasteiger partial charge in [-0.1, -0.05) is 40.7 Å². The number of pyridine rings is 1. The number of nitrogens with zero attached hydrogens (tertiary/aromatic N) is 3. The minimum absolute atomic E-state index is 0.000701. The summed E-state index contributed by atoms with van der Waals surface area (Å²) in [6.45, 7) is 16.1. The van der Waals surface area contributed by atoms with E-state index in [0.29, 0.717) is 26.1 Å². The number of halogens is 1. The molecular formula is C40H63FN4O10. The summed E-state index contributed by atoms with van der Waals surface area (Å²) in [4.78, 5) is 64.1. The van der Waals surface area contributed by atoms with Crippen LogP contribution in [0.2, 0.25) is 0 Å². The maximum Gasteiger partial charge on any atom is 0.410 e. The molecule has 0 aromatic carbocycles. The van der Waals surface area contributed by atoms with Crippen LogP contribution in [0.1, 0.15) is 87.1 Å². The van der Waals surface area contributed by atoms with Gasteiger partial charge in [-0.25, -0.2) is 14.0 Å². The molecule has 3 aliphatic rings. The molecule has 4 heterocycles. The number of nitrogens with one attached hydrogen (secondary N) is 1. The van der Waals surface area contributed by atoms with Crippen LogP contribution in [0, 0.1) is 17.8 Å². The SMILES string of the molecule is CCN[C@H]1C[C@@H](C)O[C@@H](O[C@@H]2[C@@H](C)C(=O)[C@](C)(F)C(=O)O[C@H](CC)[C@@]3(C)OC(=O)N(CCN(C)Cc4cccnc4)[C@H]3[C@@H](C)C(=O)[C@H](C)C[C@@]2(C)OC)[C@H]1O. The molecule has 0 aliphatic carbocycles. The molecule has 1 aromatic heterocycles. The van der Waals surface area contributed by atoms with E-state index in [1.807, 2.05) is 37.9 Å². The molecule has 2 N–H and O–H groups in total. The van der Waals surface area contributed by atoms with Crippen LogP contribution in [0.3, 0.4) is 0 Å². The van der Waals surface area contributed by atoms with Crippen molar-refractivity contribution in [3.63, 3.8) is 0 Å². The lowest BCUT2D eigenvalue weighted by atomic mass is 9.73. The number of ketones is 2. The molecule has 0 spiro atoms. The van der Waals surface area contributed by atoms with Crippen molar-refractivity contribution in [3.05, 3.63) is 30.1 Å². The lowest BCUT2D eigenvalue weighted by molar-refractivity contribution is -0.290. The van der Waals surface area contributed by atoms with Crippen molar-refractivity contribution in [1.29, 1.82) is 0 Å². The van der Waals surface area contributed by atoms with Gasteiger partial charge < -0.3 is 39.0 Å². The second-order valence-corrected chi connectivity index (χ2v) is 16.3. The van der Waals surface area contributed by atoms with Gasteiger partial charge in [0, 0.05) is 62.9 Å². The van der Waals surface area contributed by atoms with E-state index < -0.39 is 89.2 Å². The Labute approximate surface area is 325 Å². The highest BCUT2D eigenvalue weighted by atomic mass is 19.1. The summed E-state index contributed by atoms with van der Waals surface area (Å²) in [6.07, 6.45) is -1.93. The molecule has 0 saturated carbocycles. The van der Waals surface area contributed by atoms with E-state index in [1.54, 1.807) is 47.0 Å². The quantitative estimate of drug-likeness (QED) is 0.246. The number of cyclic esters (lactones) is 1. The summed E-state index contributed by atoms with van der Waals surface area (Å²) in [6, 6.07) is 2.47. The second-order valence-electron chi connectivity index (χ2n) is 16.3. The predicted octanol–water partition coefficient (Wildman–Crippen LogP) is 3.86. The molecule has 3 fully saturated rings. The molecule has 3 aliphatic heterocycles. The highest BCUT2D eigenvalue weighted by molar-refractivity contribution is 6.08. The molecule has 55 heavy (non-hydrogen) atoms. The number of aromatic nitrogens is 1. The van der Waals surface area contributed by atoms with Crippen molar-refractivity contribution in [2.24, 2.45) is 17.8 Å². The third-order valence-electron chi connectivity index (χ3n) is 11.9. The molecule has 0 unspecified atom stereocenters. The first kappa shape index (κ1) is 44.6. The summed E-state index contributed by atoms with van der Waals surface area (Å²) in [5, 5.41) is 14.6. The number of alkyl halides is 1. The molecule has 13 atom stereocenters. The van der Waals surface area contributed by atoms with Gasteiger partial charge in [0.2, 0.25) is 0 Å². The largest absolute Gasteiger partial charge is 0.455 e. The minimum atomic E-state index is -3.17. The van der Waals surface area contributed by atoms with E-state index in [1.165, 1.54) is 18.9 Å². The lowest BCUT2D eigenvalue weighted by Crippen LogP contribution is -2.62. The van der Waals surface area contributed by atoms with Crippen molar-refractivity contribution in [2.45, 2.75) is 148 Å². The first-order valence-corrected chi connectivity index (χ1v) is 19.6. The molecule has 0 bridgehead atoms. The Bertz CT molecular complexity index is 1500. The molecular weight excluding hydrogens is 715 g/mol. The summed E-state index contributed by atoms with van der Waals surface area (Å²) in [7, 11) is 3.30. The smallest absolute Gasteiger partial charge is 0.410 e. The second kappa shape index (κ2) is 18.0. The zero-order valence-corrected chi connectivity index (χ0v) is 34.4. The number of Topliss-reactive ketones (excluding diaryl/α,β-unsaturated/α-hetero) is 2. The van der Waals surface area contributed by atoms with Gasteiger partial charge in [-0.2, -0.15) is 0 Å². The van der Waals surface area contributed by atoms with E-state index in [2.05, 4.69) is 10.3 Å². The molecule has 0 radical (unpaired) electrons. The highest BCUT2D eigenvalue weighted by Crippen LogP contribution is 2.43. The van der Waals surface area contributed by atoms with Gasteiger partial charge in [0.25, 0.3) is 5.67 Å². The Morgan fingerprint density at radius 3 is 2.40 bits per heavy atom. The number of ether oxygens (including phenoxy) is 5. The van der Waals surface area contributed by atoms with Gasteiger partial charge in [0.05, 0.1) is 23.9 Å². The molecule has 4 rings (SSSR count). The van der Waals surface area contributed by atoms with Crippen LogP contribution < -0.4 is 5.32 Å². The van der Waals surface area contributed by atoms with Crippen LogP contribution in [-0.4, -0.2) is 137 Å². The van der Waals surface area contributed by atoms with E-state index in [9.17, 15) is 24.3 Å². The zero-order valence-electron chi connectivity index (χ0n) is 34.4. The number of carbonyl (C=O) groups excluding carboxylic acids is 4. The van der Waals surface area contributed by atoms with Gasteiger partial charge >= 0.3 is 12.1 Å². The maximum atomic E-state index is 16.8. The number of methoxy groups -OCH3 is 1. The fraction of sp³-hybridized carbons (Fsp3) is 0.775. The van der Waals surface area contributed by atoms with E-state index >= 15 is 4.39 Å². The Morgan fingerprint density at radius 1 is 1.11 bits per heavy atom. The van der Waals surface area contributed by atoms with Gasteiger partial charge in [0.15, 0.2) is 17.7 Å². The van der Waals surface area contributed by atoms with Crippen molar-refractivity contribution in [1.82, 2.24) is 20.1 Å². The number of likely N-dealkylation sites (N-methyl/N-ethyl adjacent to an activating group) is 2. The number of esters is 1. The average molecular weight is 779 g/mol. The first-order chi connectivity index (χ1) is 25.7. The van der Waals surface area contributed by atoms with Gasteiger partial charge in [0.1, 0.15) is 18.0 Å². The Hall–Kier alpha value is -3.08. The first-order valence-electron chi connectivity index (χ1n) is 19.6. The number of hydrogen-bond acceptors (Lipinski definition) is 13. The Morgan fingerprint density at radius 2 is 1.80 bits per heavy atom. The fourth-order valence-corrected chi connectivity index (χ4v) is 8.85. The van der Waals surface area contributed by atoms with Gasteiger partial charge in [-0.3, -0.25) is 19.5 Å². The van der Waals surface area contributed by atoms with Gasteiger partial charge in [-0.15, -0.1) is 0 Å². The monoisotopic (exact) mass is 778 g/mol. The third-order valence-corrected chi connectivity index (χ3v) is 11.9. The fourth-order valence-electron chi connectivity index (χ4n) is 8.85. The third kappa shape index (κ3) is 9.39. The number of amides is 1. The number of rotatable bonds is 11. The van der Waals surface area contributed by atoms with Crippen LogP contribution in [-0.2, 0) is 44.6 Å². The number of aliphatic hydroxyl groups excluding tert-OH is 1. The topological polar surface area (TPSA) is 166 Å². The highest BCUT2D eigenvalue weighted by Gasteiger charge is 2.61. The maximum absolute atomic E-state index is 16.8. The minimum Gasteiger partial charge on any atom is -0.455 e. The number of carbonyl (C=O) groups is 4. The normalized spacial score (nSPS) is 39.4. The summed E-state index contributed by atoms with van der Waals surface area (Å²) in [5.41, 5.74) is -5.23.